The minimum Gasteiger partial charge on any atom is -0.472 e. The van der Waals surface area contributed by atoms with E-state index in [-0.39, 0.29) is 36.1 Å². The van der Waals surface area contributed by atoms with E-state index in [9.17, 15) is 23.1 Å². The summed E-state index contributed by atoms with van der Waals surface area (Å²) in [5.41, 5.74) is -0.841. The van der Waals surface area contributed by atoms with E-state index in [0.717, 1.165) is 4.90 Å². The van der Waals surface area contributed by atoms with Crippen molar-refractivity contribution in [1.82, 2.24) is 4.72 Å². The molecule has 3 aromatic rings. The quantitative estimate of drug-likeness (QED) is 0.538. The molecule has 1 fully saturated rings. The normalized spacial score (nSPS) is 16.8. The predicted molar refractivity (Wildman–Crippen MR) is 109 cm³/mol. The summed E-state index contributed by atoms with van der Waals surface area (Å²) in [6, 6.07) is 10.5. The zero-order chi connectivity index (χ0) is 21.4. The van der Waals surface area contributed by atoms with Gasteiger partial charge in [-0.15, -0.1) is 11.3 Å². The molecule has 0 saturated carbocycles. The lowest BCUT2D eigenvalue weighted by molar-refractivity contribution is -0.121. The highest BCUT2D eigenvalue weighted by atomic mass is 32.2. The topological polar surface area (TPSA) is 117 Å². The van der Waals surface area contributed by atoms with Crippen LogP contribution in [0.2, 0.25) is 0 Å². The Morgan fingerprint density at radius 2 is 1.80 bits per heavy atom. The Kier molecular flexibility index (Phi) is 5.33. The average molecular weight is 447 g/mol. The molecule has 0 spiro atoms. The molecule has 0 radical (unpaired) electrons. The van der Waals surface area contributed by atoms with Crippen LogP contribution in [0.25, 0.3) is 0 Å². The third-order valence-electron chi connectivity index (χ3n) is 4.90. The standard InChI is InChI=1S/C20H18N2O6S2/c23-18-7-8-19(24)22(18)15-3-5-16(6-4-15)30(26,27)21-13-20(25,14-9-10-28-12-14)17-2-1-11-29-17/h1-6,9-12,21,25H,7-8,13H2/t20-/m0/s1. The number of aliphatic hydroxyl groups is 1. The molecule has 30 heavy (non-hydrogen) atoms. The first-order valence-corrected chi connectivity index (χ1v) is 11.4. The summed E-state index contributed by atoms with van der Waals surface area (Å²) < 4.78 is 33.1. The van der Waals surface area contributed by atoms with E-state index in [1.165, 1.54) is 48.1 Å². The monoisotopic (exact) mass is 446 g/mol. The van der Waals surface area contributed by atoms with Crippen molar-refractivity contribution < 1.29 is 27.5 Å². The largest absolute Gasteiger partial charge is 0.472 e. The van der Waals surface area contributed by atoms with Gasteiger partial charge in [-0.05, 0) is 41.8 Å². The first-order chi connectivity index (χ1) is 14.3. The minimum atomic E-state index is -3.97. The fraction of sp³-hybridized carbons (Fsp3) is 0.200. The molecule has 1 aliphatic rings. The number of thiophene rings is 1. The van der Waals surface area contributed by atoms with Gasteiger partial charge in [-0.25, -0.2) is 13.1 Å². The molecule has 1 aromatic carbocycles. The highest BCUT2D eigenvalue weighted by Gasteiger charge is 2.35. The van der Waals surface area contributed by atoms with E-state index in [1.807, 2.05) is 0 Å². The van der Waals surface area contributed by atoms with Crippen LogP contribution in [0.5, 0.6) is 0 Å². The molecule has 1 aliphatic heterocycles. The number of nitrogens with zero attached hydrogens (tertiary/aromatic N) is 1. The lowest BCUT2D eigenvalue weighted by atomic mass is 9.95. The second kappa shape index (κ2) is 7.80. The molecule has 1 saturated heterocycles. The second-order valence-electron chi connectivity index (χ2n) is 6.79. The van der Waals surface area contributed by atoms with Gasteiger partial charge in [0.05, 0.1) is 23.1 Å². The van der Waals surface area contributed by atoms with Crippen LogP contribution in [0.4, 0.5) is 5.69 Å². The van der Waals surface area contributed by atoms with E-state index in [2.05, 4.69) is 4.72 Å². The maximum absolute atomic E-state index is 12.8. The van der Waals surface area contributed by atoms with Crippen molar-refractivity contribution in [3.8, 4) is 0 Å². The van der Waals surface area contributed by atoms with E-state index in [4.69, 9.17) is 4.42 Å². The number of furan rings is 1. The number of hydrogen-bond acceptors (Lipinski definition) is 7. The van der Waals surface area contributed by atoms with Crippen LogP contribution in [0.1, 0.15) is 23.3 Å². The van der Waals surface area contributed by atoms with Crippen molar-refractivity contribution in [3.63, 3.8) is 0 Å². The molecule has 156 valence electrons. The van der Waals surface area contributed by atoms with Gasteiger partial charge < -0.3 is 9.52 Å². The summed E-state index contributed by atoms with van der Waals surface area (Å²) in [6.07, 6.45) is 3.07. The average Bonchev–Trinajstić information content (AvgIpc) is 3.50. The number of imide groups is 1. The Balaban J connectivity index is 1.55. The van der Waals surface area contributed by atoms with Gasteiger partial charge in [0.15, 0.2) is 0 Å². The Morgan fingerprint density at radius 3 is 2.37 bits per heavy atom. The number of hydrogen-bond donors (Lipinski definition) is 2. The minimum absolute atomic E-state index is 0.0499. The molecule has 2 N–H and O–H groups in total. The van der Waals surface area contributed by atoms with E-state index < -0.39 is 15.6 Å². The maximum atomic E-state index is 12.8. The molecular formula is C20H18N2O6S2. The lowest BCUT2D eigenvalue weighted by Crippen LogP contribution is -2.40. The number of amides is 2. The fourth-order valence-corrected chi connectivity index (χ4v) is 5.17. The first-order valence-electron chi connectivity index (χ1n) is 9.06. The Labute approximate surface area is 176 Å². The predicted octanol–water partition coefficient (Wildman–Crippen LogP) is 2.21. The Bertz CT molecular complexity index is 1100. The third kappa shape index (κ3) is 3.70. The van der Waals surface area contributed by atoms with Gasteiger partial charge in [-0.1, -0.05) is 6.07 Å². The van der Waals surface area contributed by atoms with E-state index >= 15 is 0 Å². The molecule has 4 rings (SSSR count). The van der Waals surface area contributed by atoms with Crippen LogP contribution in [0.3, 0.4) is 0 Å². The molecule has 10 heteroatoms. The Hall–Kier alpha value is -2.79. The van der Waals surface area contributed by atoms with Crippen molar-refractivity contribution in [2.45, 2.75) is 23.3 Å². The van der Waals surface area contributed by atoms with E-state index in [0.29, 0.717) is 16.1 Å². The van der Waals surface area contributed by atoms with Gasteiger partial charge in [0.1, 0.15) is 5.60 Å². The van der Waals surface area contributed by atoms with Gasteiger partial charge in [0.25, 0.3) is 0 Å². The van der Waals surface area contributed by atoms with Crippen LogP contribution < -0.4 is 9.62 Å². The first kappa shape index (κ1) is 20.5. The van der Waals surface area contributed by atoms with Gasteiger partial charge in [-0.3, -0.25) is 14.5 Å². The van der Waals surface area contributed by atoms with Gasteiger partial charge in [0, 0.05) is 29.8 Å². The number of sulfonamides is 1. The summed E-state index contributed by atoms with van der Waals surface area (Å²) in [4.78, 5) is 25.3. The highest BCUT2D eigenvalue weighted by molar-refractivity contribution is 7.89. The summed E-state index contributed by atoms with van der Waals surface area (Å²) in [5, 5.41) is 13.0. The second-order valence-corrected chi connectivity index (χ2v) is 9.51. The molecular weight excluding hydrogens is 428 g/mol. The van der Waals surface area contributed by atoms with Crippen LogP contribution in [-0.2, 0) is 25.2 Å². The van der Waals surface area contributed by atoms with E-state index in [1.54, 1.807) is 23.6 Å². The molecule has 1 atom stereocenters. The maximum Gasteiger partial charge on any atom is 0.240 e. The molecule has 0 bridgehead atoms. The summed E-state index contributed by atoms with van der Waals surface area (Å²) in [5.74, 6) is -0.621. The van der Waals surface area contributed by atoms with Crippen LogP contribution in [0, 0.1) is 0 Å². The smallest absolute Gasteiger partial charge is 0.240 e. The van der Waals surface area contributed by atoms with Crippen LogP contribution in [-0.4, -0.2) is 31.9 Å². The number of anilines is 1. The van der Waals surface area contributed by atoms with Crippen LogP contribution >= 0.6 is 11.3 Å². The molecule has 3 heterocycles. The summed E-state index contributed by atoms with van der Waals surface area (Å²) in [7, 11) is -3.97. The van der Waals surface area contributed by atoms with Crippen molar-refractivity contribution in [1.29, 1.82) is 0 Å². The van der Waals surface area contributed by atoms with Crippen molar-refractivity contribution in [2.24, 2.45) is 0 Å². The van der Waals surface area contributed by atoms with Crippen LogP contribution in [0.15, 0.2) is 69.7 Å². The molecule has 8 nitrogen and oxygen atoms in total. The van der Waals surface area contributed by atoms with Crippen molar-refractivity contribution >= 4 is 38.9 Å². The molecule has 0 aliphatic carbocycles. The van der Waals surface area contributed by atoms with Gasteiger partial charge in [0.2, 0.25) is 21.8 Å². The third-order valence-corrected chi connectivity index (χ3v) is 7.34. The Morgan fingerprint density at radius 1 is 1.10 bits per heavy atom. The SMILES string of the molecule is O=C1CCC(=O)N1c1ccc(S(=O)(=O)NC[C@](O)(c2ccoc2)c2cccs2)cc1. The number of rotatable bonds is 7. The highest BCUT2D eigenvalue weighted by Crippen LogP contribution is 2.33. The number of benzene rings is 1. The fourth-order valence-electron chi connectivity index (χ4n) is 3.27. The molecule has 2 aromatic heterocycles. The number of carbonyl (C=O) groups is 2. The zero-order valence-electron chi connectivity index (χ0n) is 15.6. The van der Waals surface area contributed by atoms with Gasteiger partial charge in [-0.2, -0.15) is 0 Å². The number of nitrogens with one attached hydrogen (secondary N) is 1. The molecule has 0 unspecified atom stereocenters. The summed E-state index contributed by atoms with van der Waals surface area (Å²) >= 11 is 1.30. The number of carbonyl (C=O) groups excluding carboxylic acids is 2. The summed E-state index contributed by atoms with van der Waals surface area (Å²) in [6.45, 7) is -0.305. The lowest BCUT2D eigenvalue weighted by Gasteiger charge is -2.26. The van der Waals surface area contributed by atoms with Gasteiger partial charge >= 0.3 is 0 Å². The van der Waals surface area contributed by atoms with Crippen molar-refractivity contribution in [2.75, 3.05) is 11.4 Å². The zero-order valence-corrected chi connectivity index (χ0v) is 17.3. The molecule has 2 amide bonds. The van der Waals surface area contributed by atoms with Crippen molar-refractivity contribution in [3.05, 3.63) is 70.8 Å².